The van der Waals surface area contributed by atoms with Crippen molar-refractivity contribution in [3.8, 4) is 5.75 Å². The van der Waals surface area contributed by atoms with Gasteiger partial charge in [0.1, 0.15) is 5.75 Å². The third kappa shape index (κ3) is 5.14. The summed E-state index contributed by atoms with van der Waals surface area (Å²) in [6, 6.07) is 17.1. The molecule has 4 rings (SSSR count). The summed E-state index contributed by atoms with van der Waals surface area (Å²) in [4.78, 5) is 29.5. The third-order valence-electron chi connectivity index (χ3n) is 7.75. The molecule has 0 unspecified atom stereocenters. The number of aliphatic hydroxyl groups is 1. The number of carbonyl (C=O) groups excluding carboxylic acids is 2. The summed E-state index contributed by atoms with van der Waals surface area (Å²) in [6.07, 6.45) is 2.80. The molecule has 2 aliphatic rings. The number of β-amino-alcohol motifs (C(OH)–C–C–N with tert-alkyl or cyclic N) is 1. The highest BCUT2D eigenvalue weighted by Crippen LogP contribution is 2.53. The van der Waals surface area contributed by atoms with Gasteiger partial charge in [-0.25, -0.2) is 0 Å². The van der Waals surface area contributed by atoms with Crippen molar-refractivity contribution in [1.29, 1.82) is 0 Å². The van der Waals surface area contributed by atoms with E-state index in [1.165, 1.54) is 6.92 Å². The van der Waals surface area contributed by atoms with Crippen LogP contribution in [0.2, 0.25) is 0 Å². The van der Waals surface area contributed by atoms with E-state index in [0.29, 0.717) is 43.2 Å². The summed E-state index contributed by atoms with van der Waals surface area (Å²) in [5, 5.41) is 12.1. The summed E-state index contributed by atoms with van der Waals surface area (Å²) in [7, 11) is 2.05. The van der Waals surface area contributed by atoms with Crippen molar-refractivity contribution in [1.82, 2.24) is 9.80 Å². The minimum absolute atomic E-state index is 0.00571. The van der Waals surface area contributed by atoms with Gasteiger partial charge < -0.3 is 19.6 Å². The summed E-state index contributed by atoms with van der Waals surface area (Å²) >= 11 is 0. The standard InChI is InChI=1S/C29H38N2O4/c1-21(2)19-31(27(33)23-9-6-5-7-10-23)25-13-14-29(34)20-30(4)16-15-28(29,18-25)24-11-8-12-26(17-24)35-22(3)32/h5-12,17,21,25,34H,13-16,18-20H2,1-4H3/t25-,28-,29-/m0/s1. The topological polar surface area (TPSA) is 70.1 Å². The predicted molar refractivity (Wildman–Crippen MR) is 136 cm³/mol. The lowest BCUT2D eigenvalue weighted by Crippen LogP contribution is -2.67. The van der Waals surface area contributed by atoms with E-state index in [-0.39, 0.29) is 17.9 Å². The van der Waals surface area contributed by atoms with Gasteiger partial charge in [0.25, 0.3) is 5.91 Å². The zero-order chi connectivity index (χ0) is 25.2. The molecule has 1 aliphatic heterocycles. The van der Waals surface area contributed by atoms with E-state index in [1.807, 2.05) is 60.5 Å². The smallest absolute Gasteiger partial charge is 0.308 e. The molecule has 2 fully saturated rings. The number of hydrogen-bond donors (Lipinski definition) is 1. The van der Waals surface area contributed by atoms with Gasteiger partial charge in [0, 0.05) is 37.0 Å². The summed E-state index contributed by atoms with van der Waals surface area (Å²) in [5.41, 5.74) is 0.214. The molecular formula is C29H38N2O4. The maximum Gasteiger partial charge on any atom is 0.308 e. The number of carbonyl (C=O) groups is 2. The molecular weight excluding hydrogens is 440 g/mol. The van der Waals surface area contributed by atoms with Crippen LogP contribution in [0, 0.1) is 5.92 Å². The molecule has 1 saturated heterocycles. The zero-order valence-corrected chi connectivity index (χ0v) is 21.4. The first-order valence-corrected chi connectivity index (χ1v) is 12.7. The average Bonchev–Trinajstić information content (AvgIpc) is 2.82. The molecule has 0 spiro atoms. The van der Waals surface area contributed by atoms with Gasteiger partial charge in [-0.05, 0) is 75.0 Å². The quantitative estimate of drug-likeness (QED) is 0.496. The number of piperidine rings is 1. The van der Waals surface area contributed by atoms with Crippen molar-refractivity contribution in [2.24, 2.45) is 5.92 Å². The molecule has 6 nitrogen and oxygen atoms in total. The second kappa shape index (κ2) is 10.1. The predicted octanol–water partition coefficient (Wildman–Crippen LogP) is 4.27. The molecule has 0 radical (unpaired) electrons. The lowest BCUT2D eigenvalue weighted by molar-refractivity contribution is -0.132. The molecule has 0 bridgehead atoms. The number of benzene rings is 2. The Morgan fingerprint density at radius 1 is 1.14 bits per heavy atom. The first-order chi connectivity index (χ1) is 16.6. The van der Waals surface area contributed by atoms with E-state index in [0.717, 1.165) is 24.9 Å². The van der Waals surface area contributed by atoms with E-state index in [4.69, 9.17) is 4.74 Å². The fraction of sp³-hybridized carbons (Fsp3) is 0.517. The van der Waals surface area contributed by atoms with Crippen LogP contribution in [0.1, 0.15) is 62.4 Å². The van der Waals surface area contributed by atoms with Gasteiger partial charge >= 0.3 is 5.97 Å². The zero-order valence-electron chi connectivity index (χ0n) is 21.4. The highest BCUT2D eigenvalue weighted by molar-refractivity contribution is 5.94. The van der Waals surface area contributed by atoms with E-state index in [9.17, 15) is 14.7 Å². The molecule has 1 N–H and O–H groups in total. The number of likely N-dealkylation sites (N-methyl/N-ethyl adjacent to an activating group) is 1. The number of esters is 1. The minimum atomic E-state index is -0.926. The largest absolute Gasteiger partial charge is 0.427 e. The highest BCUT2D eigenvalue weighted by atomic mass is 16.5. The van der Waals surface area contributed by atoms with Crippen LogP contribution in [0.4, 0.5) is 0 Å². The Morgan fingerprint density at radius 3 is 2.57 bits per heavy atom. The van der Waals surface area contributed by atoms with Gasteiger partial charge in [-0.2, -0.15) is 0 Å². The van der Waals surface area contributed by atoms with E-state index in [1.54, 1.807) is 6.07 Å². The Labute approximate surface area is 208 Å². The number of hydrogen-bond acceptors (Lipinski definition) is 5. The van der Waals surface area contributed by atoms with E-state index < -0.39 is 11.0 Å². The monoisotopic (exact) mass is 478 g/mol. The lowest BCUT2D eigenvalue weighted by atomic mass is 9.55. The van der Waals surface area contributed by atoms with Crippen LogP contribution in [-0.2, 0) is 10.2 Å². The van der Waals surface area contributed by atoms with Crippen LogP contribution in [0.3, 0.4) is 0 Å². The first-order valence-electron chi connectivity index (χ1n) is 12.7. The van der Waals surface area contributed by atoms with Gasteiger partial charge in [-0.3, -0.25) is 9.59 Å². The van der Waals surface area contributed by atoms with Crippen molar-refractivity contribution in [3.05, 3.63) is 65.7 Å². The number of fused-ring (bicyclic) bond motifs is 1. The maximum absolute atomic E-state index is 13.7. The molecule has 1 aliphatic carbocycles. The third-order valence-corrected chi connectivity index (χ3v) is 7.75. The van der Waals surface area contributed by atoms with Crippen molar-refractivity contribution in [3.63, 3.8) is 0 Å². The first kappa shape index (κ1) is 25.4. The van der Waals surface area contributed by atoms with Crippen molar-refractivity contribution in [2.45, 2.75) is 63.5 Å². The molecule has 1 amide bonds. The fourth-order valence-corrected chi connectivity index (χ4v) is 6.17. The van der Waals surface area contributed by atoms with Gasteiger partial charge in [-0.1, -0.05) is 44.2 Å². The van der Waals surface area contributed by atoms with Crippen LogP contribution in [0.25, 0.3) is 0 Å². The molecule has 188 valence electrons. The van der Waals surface area contributed by atoms with Gasteiger partial charge in [0.05, 0.1) is 5.60 Å². The Bertz CT molecular complexity index is 1060. The van der Waals surface area contributed by atoms with Gasteiger partial charge in [0.2, 0.25) is 0 Å². The Morgan fingerprint density at radius 2 is 1.89 bits per heavy atom. The number of likely N-dealkylation sites (tertiary alicyclic amines) is 1. The number of rotatable bonds is 6. The molecule has 6 heteroatoms. The Hall–Kier alpha value is -2.70. The Kier molecular flexibility index (Phi) is 7.34. The molecule has 2 aromatic rings. The maximum atomic E-state index is 13.7. The SMILES string of the molecule is CC(=O)Oc1cccc([C@@]23CCN(C)C[C@@]2(O)CC[C@H](N(CC(C)C)C(=O)c2ccccc2)C3)c1. The van der Waals surface area contributed by atoms with Crippen molar-refractivity contribution in [2.75, 3.05) is 26.7 Å². The van der Waals surface area contributed by atoms with Crippen LogP contribution < -0.4 is 4.74 Å². The minimum Gasteiger partial charge on any atom is -0.427 e. The molecule has 0 aromatic heterocycles. The second-order valence-corrected chi connectivity index (χ2v) is 10.8. The number of nitrogens with zero attached hydrogens (tertiary/aromatic N) is 2. The highest BCUT2D eigenvalue weighted by Gasteiger charge is 2.58. The van der Waals surface area contributed by atoms with Crippen LogP contribution in [0.5, 0.6) is 5.75 Å². The summed E-state index contributed by atoms with van der Waals surface area (Å²) < 4.78 is 5.40. The van der Waals surface area contributed by atoms with Gasteiger partial charge in [-0.15, -0.1) is 0 Å². The van der Waals surface area contributed by atoms with Crippen LogP contribution >= 0.6 is 0 Å². The lowest BCUT2D eigenvalue weighted by Gasteiger charge is -2.59. The number of ether oxygens (including phenoxy) is 1. The summed E-state index contributed by atoms with van der Waals surface area (Å²) in [6.45, 7) is 7.77. The van der Waals surface area contributed by atoms with E-state index in [2.05, 4.69) is 18.7 Å². The molecule has 35 heavy (non-hydrogen) atoms. The second-order valence-electron chi connectivity index (χ2n) is 10.8. The van der Waals surface area contributed by atoms with E-state index >= 15 is 0 Å². The average molecular weight is 479 g/mol. The molecule has 1 saturated carbocycles. The normalized spacial score (nSPS) is 26.7. The van der Waals surface area contributed by atoms with Gasteiger partial charge in [0.15, 0.2) is 0 Å². The molecule has 1 heterocycles. The van der Waals surface area contributed by atoms with Crippen molar-refractivity contribution < 1.29 is 19.4 Å². The molecule has 2 aromatic carbocycles. The molecule has 3 atom stereocenters. The summed E-state index contributed by atoms with van der Waals surface area (Å²) in [5.74, 6) is 0.499. The van der Waals surface area contributed by atoms with Crippen LogP contribution in [0.15, 0.2) is 54.6 Å². The Balaban J connectivity index is 1.74. The fourth-order valence-electron chi connectivity index (χ4n) is 6.17. The number of amides is 1. The van der Waals surface area contributed by atoms with Crippen LogP contribution in [-0.4, -0.2) is 65.1 Å². The van der Waals surface area contributed by atoms with Crippen molar-refractivity contribution >= 4 is 11.9 Å².